The van der Waals surface area contributed by atoms with Crippen LogP contribution >= 0.6 is 0 Å². The van der Waals surface area contributed by atoms with Crippen LogP contribution in [0.15, 0.2) is 12.4 Å². The Morgan fingerprint density at radius 1 is 1.50 bits per heavy atom. The molecule has 0 bridgehead atoms. The normalized spacial score (nSPS) is 27.4. The van der Waals surface area contributed by atoms with E-state index in [1.807, 2.05) is 0 Å². The fourth-order valence-electron chi connectivity index (χ4n) is 1.76. The average Bonchev–Trinajstić information content (AvgIpc) is 2.50. The van der Waals surface area contributed by atoms with Gasteiger partial charge in [-0.15, -0.1) is 0 Å². The summed E-state index contributed by atoms with van der Waals surface area (Å²) in [4.78, 5) is 3.92. The largest absolute Gasteiger partial charge is 0.393 e. The van der Waals surface area contributed by atoms with E-state index in [-0.39, 0.29) is 13.0 Å². The zero-order chi connectivity index (χ0) is 10.3. The zero-order valence-corrected chi connectivity index (χ0v) is 7.33. The van der Waals surface area contributed by atoms with Crippen molar-refractivity contribution in [1.29, 1.82) is 0 Å². The molecule has 1 aliphatic rings. The van der Waals surface area contributed by atoms with Crippen molar-refractivity contribution in [2.24, 2.45) is 11.7 Å². The summed E-state index contributed by atoms with van der Waals surface area (Å²) in [5.74, 6) is -0.801. The van der Waals surface area contributed by atoms with Crippen LogP contribution in [0.5, 0.6) is 0 Å². The smallest absolute Gasteiger partial charge is 0.333 e. The van der Waals surface area contributed by atoms with Gasteiger partial charge in [-0.25, -0.2) is 4.98 Å². The van der Waals surface area contributed by atoms with Crippen LogP contribution in [0.1, 0.15) is 18.3 Å². The van der Waals surface area contributed by atoms with Gasteiger partial charge in [0.25, 0.3) is 0 Å². The summed E-state index contributed by atoms with van der Waals surface area (Å²) in [7, 11) is 0. The van der Waals surface area contributed by atoms with Crippen LogP contribution in [-0.2, 0) is 6.54 Å². The second-order valence-corrected chi connectivity index (χ2v) is 3.52. The summed E-state index contributed by atoms with van der Waals surface area (Å²) < 4.78 is 38.8. The molecule has 2 rings (SSSR count). The SMILES string of the molecule is NC1CC(C(F)(F)F)Cn2ccnc21. The van der Waals surface area contributed by atoms with Gasteiger partial charge in [-0.3, -0.25) is 0 Å². The van der Waals surface area contributed by atoms with Crippen LogP contribution in [0.2, 0.25) is 0 Å². The lowest BCUT2D eigenvalue weighted by Crippen LogP contribution is -2.36. The minimum absolute atomic E-state index is 0.0630. The summed E-state index contributed by atoms with van der Waals surface area (Å²) in [5, 5.41) is 0. The Kier molecular flexibility index (Phi) is 2.02. The van der Waals surface area contributed by atoms with Gasteiger partial charge >= 0.3 is 6.18 Å². The number of halogens is 3. The highest BCUT2D eigenvalue weighted by atomic mass is 19.4. The minimum Gasteiger partial charge on any atom is -0.333 e. The molecule has 1 aliphatic heterocycles. The van der Waals surface area contributed by atoms with Gasteiger partial charge in [0.1, 0.15) is 5.82 Å². The third-order valence-electron chi connectivity index (χ3n) is 2.50. The highest BCUT2D eigenvalue weighted by molar-refractivity contribution is 5.03. The molecule has 1 aromatic rings. The number of aromatic nitrogens is 2. The van der Waals surface area contributed by atoms with Gasteiger partial charge in [0, 0.05) is 18.9 Å². The molecule has 0 aliphatic carbocycles. The molecular weight excluding hydrogens is 195 g/mol. The summed E-state index contributed by atoms with van der Waals surface area (Å²) in [5.41, 5.74) is 5.59. The van der Waals surface area contributed by atoms with E-state index in [0.29, 0.717) is 5.82 Å². The Hall–Kier alpha value is -1.04. The van der Waals surface area contributed by atoms with Gasteiger partial charge < -0.3 is 10.3 Å². The minimum atomic E-state index is -4.17. The van der Waals surface area contributed by atoms with Crippen molar-refractivity contribution in [3.63, 3.8) is 0 Å². The molecule has 0 fully saturated rings. The highest BCUT2D eigenvalue weighted by Crippen LogP contribution is 2.37. The Labute approximate surface area is 78.7 Å². The lowest BCUT2D eigenvalue weighted by Gasteiger charge is -2.29. The van der Waals surface area contributed by atoms with Crippen LogP contribution in [-0.4, -0.2) is 15.7 Å². The first kappa shape index (κ1) is 9.51. The number of hydrogen-bond donors (Lipinski definition) is 1. The van der Waals surface area contributed by atoms with E-state index in [1.54, 1.807) is 0 Å². The molecule has 0 aromatic carbocycles. The van der Waals surface area contributed by atoms with Gasteiger partial charge in [0.2, 0.25) is 0 Å². The maximum atomic E-state index is 12.4. The number of alkyl halides is 3. The van der Waals surface area contributed by atoms with E-state index < -0.39 is 18.1 Å². The first-order valence-corrected chi connectivity index (χ1v) is 4.32. The number of hydrogen-bond acceptors (Lipinski definition) is 2. The monoisotopic (exact) mass is 205 g/mol. The van der Waals surface area contributed by atoms with Crippen molar-refractivity contribution < 1.29 is 13.2 Å². The third-order valence-corrected chi connectivity index (χ3v) is 2.50. The predicted octanol–water partition coefficient (Wildman–Crippen LogP) is 1.47. The molecule has 6 heteroatoms. The first-order chi connectivity index (χ1) is 6.48. The predicted molar refractivity (Wildman–Crippen MR) is 43.3 cm³/mol. The van der Waals surface area contributed by atoms with E-state index in [0.717, 1.165) is 0 Å². The van der Waals surface area contributed by atoms with Crippen molar-refractivity contribution >= 4 is 0 Å². The maximum Gasteiger partial charge on any atom is 0.393 e. The molecule has 0 saturated carbocycles. The Balaban J connectivity index is 2.26. The van der Waals surface area contributed by atoms with E-state index in [2.05, 4.69) is 4.98 Å². The van der Waals surface area contributed by atoms with Crippen LogP contribution < -0.4 is 5.73 Å². The van der Waals surface area contributed by atoms with Crippen molar-refractivity contribution in [3.05, 3.63) is 18.2 Å². The lowest BCUT2D eigenvalue weighted by atomic mass is 9.95. The second kappa shape index (κ2) is 2.98. The maximum absolute atomic E-state index is 12.4. The third kappa shape index (κ3) is 1.50. The van der Waals surface area contributed by atoms with Crippen molar-refractivity contribution in [1.82, 2.24) is 9.55 Å². The molecule has 0 spiro atoms. The lowest BCUT2D eigenvalue weighted by molar-refractivity contribution is -0.184. The molecule has 3 nitrogen and oxygen atoms in total. The molecular formula is C8H10F3N3. The van der Waals surface area contributed by atoms with Gasteiger partial charge in [0.05, 0.1) is 12.0 Å². The van der Waals surface area contributed by atoms with E-state index in [9.17, 15) is 13.2 Å². The number of imidazole rings is 1. The molecule has 2 unspecified atom stereocenters. The number of nitrogens with zero attached hydrogens (tertiary/aromatic N) is 2. The molecule has 0 saturated heterocycles. The van der Waals surface area contributed by atoms with Gasteiger partial charge in [-0.1, -0.05) is 0 Å². The number of rotatable bonds is 0. The average molecular weight is 205 g/mol. The molecule has 78 valence electrons. The fraction of sp³-hybridized carbons (Fsp3) is 0.625. The van der Waals surface area contributed by atoms with Crippen LogP contribution in [0, 0.1) is 5.92 Å². The summed E-state index contributed by atoms with van der Waals surface area (Å²) in [6.07, 6.45) is -1.22. The molecule has 0 amide bonds. The van der Waals surface area contributed by atoms with Crippen LogP contribution in [0.4, 0.5) is 13.2 Å². The quantitative estimate of drug-likeness (QED) is 0.696. The first-order valence-electron chi connectivity index (χ1n) is 4.32. The summed E-state index contributed by atoms with van der Waals surface area (Å²) in [6.45, 7) is -0.0630. The Morgan fingerprint density at radius 2 is 2.21 bits per heavy atom. The van der Waals surface area contributed by atoms with Crippen molar-refractivity contribution in [2.75, 3.05) is 0 Å². The van der Waals surface area contributed by atoms with E-state index in [1.165, 1.54) is 17.0 Å². The standard InChI is InChI=1S/C8H10F3N3/c9-8(10,11)5-3-6(12)7-13-1-2-14(7)4-5/h1-2,5-6H,3-4,12H2. The van der Waals surface area contributed by atoms with Gasteiger partial charge in [0.15, 0.2) is 0 Å². The fourth-order valence-corrected chi connectivity index (χ4v) is 1.76. The number of nitrogens with two attached hydrogens (primary N) is 1. The van der Waals surface area contributed by atoms with Crippen molar-refractivity contribution in [2.45, 2.75) is 25.2 Å². The summed E-state index contributed by atoms with van der Waals surface area (Å²) in [6, 6.07) is -0.606. The molecule has 2 N–H and O–H groups in total. The van der Waals surface area contributed by atoms with Crippen LogP contribution in [0.25, 0.3) is 0 Å². The second-order valence-electron chi connectivity index (χ2n) is 3.52. The van der Waals surface area contributed by atoms with Gasteiger partial charge in [-0.2, -0.15) is 13.2 Å². The topological polar surface area (TPSA) is 43.8 Å². The van der Waals surface area contributed by atoms with Gasteiger partial charge in [-0.05, 0) is 6.42 Å². The molecule has 2 atom stereocenters. The molecule has 0 radical (unpaired) electrons. The Bertz CT molecular complexity index is 331. The van der Waals surface area contributed by atoms with Crippen LogP contribution in [0.3, 0.4) is 0 Å². The van der Waals surface area contributed by atoms with Crippen molar-refractivity contribution in [3.8, 4) is 0 Å². The molecule has 2 heterocycles. The molecule has 1 aromatic heterocycles. The molecule has 14 heavy (non-hydrogen) atoms. The van der Waals surface area contributed by atoms with E-state index in [4.69, 9.17) is 5.73 Å². The summed E-state index contributed by atoms with van der Waals surface area (Å²) >= 11 is 0. The number of fused-ring (bicyclic) bond motifs is 1. The Morgan fingerprint density at radius 3 is 2.86 bits per heavy atom. The highest BCUT2D eigenvalue weighted by Gasteiger charge is 2.43. The van der Waals surface area contributed by atoms with E-state index >= 15 is 0 Å². The zero-order valence-electron chi connectivity index (χ0n) is 7.33.